The molecule has 0 saturated carbocycles. The van der Waals surface area contributed by atoms with E-state index in [1.165, 1.54) is 4.70 Å². The minimum absolute atomic E-state index is 0. The summed E-state index contributed by atoms with van der Waals surface area (Å²) in [6.45, 7) is 0. The number of fused-ring (bicyclic) bond motifs is 1. The van der Waals surface area contributed by atoms with Crippen LogP contribution in [0.25, 0.3) is 10.2 Å². The summed E-state index contributed by atoms with van der Waals surface area (Å²) >= 11 is 5.07. The molecule has 0 radical (unpaired) electrons. The predicted molar refractivity (Wildman–Crippen MR) is 64.1 cm³/mol. The van der Waals surface area contributed by atoms with Crippen molar-refractivity contribution in [2.45, 2.75) is 0 Å². The van der Waals surface area contributed by atoms with Crippen LogP contribution in [-0.4, -0.2) is 12.0 Å². The number of aromatic nitrogens is 1. The Hall–Kier alpha value is -0.320. The van der Waals surface area contributed by atoms with Crippen LogP contribution in [0.15, 0.2) is 22.7 Å². The molecule has 2 nitrogen and oxygen atoms in total. The first kappa shape index (κ1) is 10.8. The molecular weight excluding hydrogens is 272 g/mol. The van der Waals surface area contributed by atoms with Gasteiger partial charge in [-0.05, 0) is 18.2 Å². The molecule has 13 heavy (non-hydrogen) atoms. The summed E-state index contributed by atoms with van der Waals surface area (Å²) in [7, 11) is 1.88. The van der Waals surface area contributed by atoms with Gasteiger partial charge >= 0.3 is 0 Å². The molecule has 0 aliphatic heterocycles. The third kappa shape index (κ3) is 2.13. The Morgan fingerprint density at radius 3 is 2.92 bits per heavy atom. The molecule has 70 valence electrons. The number of benzene rings is 1. The maximum absolute atomic E-state index is 4.37. The highest BCUT2D eigenvalue weighted by Crippen LogP contribution is 2.27. The van der Waals surface area contributed by atoms with Crippen molar-refractivity contribution in [2.24, 2.45) is 0 Å². The fraction of sp³-hybridized carbons (Fsp3) is 0.125. The number of rotatable bonds is 1. The standard InChI is InChI=1S/C8H7BrN2S.ClH/c1-10-8-11-6-4-5(9)2-3-7(6)12-8;/h2-4H,1H3,(H,10,11);1H. The minimum Gasteiger partial charge on any atom is -0.365 e. The van der Waals surface area contributed by atoms with E-state index in [0.29, 0.717) is 0 Å². The lowest BCUT2D eigenvalue weighted by atomic mass is 10.3. The molecule has 2 rings (SSSR count). The first-order chi connectivity index (χ1) is 5.79. The Morgan fingerprint density at radius 2 is 2.23 bits per heavy atom. The zero-order valence-electron chi connectivity index (χ0n) is 6.87. The first-order valence-corrected chi connectivity index (χ1v) is 5.14. The highest BCUT2D eigenvalue weighted by atomic mass is 79.9. The van der Waals surface area contributed by atoms with Crippen LogP contribution in [0.5, 0.6) is 0 Å². The molecule has 0 aliphatic rings. The summed E-state index contributed by atoms with van der Waals surface area (Å²) in [6, 6.07) is 6.12. The molecule has 0 unspecified atom stereocenters. The summed E-state index contributed by atoms with van der Waals surface area (Å²) in [4.78, 5) is 4.37. The average Bonchev–Trinajstić information content (AvgIpc) is 2.46. The molecule has 1 N–H and O–H groups in total. The van der Waals surface area contributed by atoms with Gasteiger partial charge in [-0.1, -0.05) is 27.3 Å². The van der Waals surface area contributed by atoms with Crippen LogP contribution in [0.2, 0.25) is 0 Å². The predicted octanol–water partition coefficient (Wildman–Crippen LogP) is 3.52. The van der Waals surface area contributed by atoms with Gasteiger partial charge in [0.05, 0.1) is 10.2 Å². The molecule has 0 bridgehead atoms. The van der Waals surface area contributed by atoms with E-state index in [1.807, 2.05) is 19.2 Å². The zero-order valence-corrected chi connectivity index (χ0v) is 10.1. The van der Waals surface area contributed by atoms with Crippen molar-refractivity contribution in [3.63, 3.8) is 0 Å². The summed E-state index contributed by atoms with van der Waals surface area (Å²) in [5, 5.41) is 3.99. The normalized spacial score (nSPS) is 9.69. The fourth-order valence-corrected chi connectivity index (χ4v) is 2.16. The smallest absolute Gasteiger partial charge is 0.183 e. The largest absolute Gasteiger partial charge is 0.365 e. The molecule has 0 atom stereocenters. The first-order valence-electron chi connectivity index (χ1n) is 3.53. The monoisotopic (exact) mass is 278 g/mol. The van der Waals surface area contributed by atoms with Crippen LogP contribution >= 0.6 is 39.7 Å². The summed E-state index contributed by atoms with van der Waals surface area (Å²) in [6.07, 6.45) is 0. The van der Waals surface area contributed by atoms with Gasteiger partial charge < -0.3 is 5.32 Å². The van der Waals surface area contributed by atoms with Gasteiger partial charge in [0.1, 0.15) is 0 Å². The number of hydrogen-bond donors (Lipinski definition) is 1. The number of nitrogens with zero attached hydrogens (tertiary/aromatic N) is 1. The lowest BCUT2D eigenvalue weighted by molar-refractivity contribution is 1.41. The van der Waals surface area contributed by atoms with Crippen LogP contribution in [0.1, 0.15) is 0 Å². The molecule has 1 heterocycles. The van der Waals surface area contributed by atoms with E-state index in [0.717, 1.165) is 15.1 Å². The van der Waals surface area contributed by atoms with Crippen molar-refractivity contribution >= 4 is 55.0 Å². The van der Waals surface area contributed by atoms with Crippen LogP contribution in [0, 0.1) is 0 Å². The Labute approximate surface area is 94.9 Å². The third-order valence-corrected chi connectivity index (χ3v) is 3.11. The van der Waals surface area contributed by atoms with Crippen LogP contribution in [0.4, 0.5) is 5.13 Å². The molecule has 0 saturated heterocycles. The Morgan fingerprint density at radius 1 is 1.46 bits per heavy atom. The van der Waals surface area contributed by atoms with E-state index in [4.69, 9.17) is 0 Å². The Balaban J connectivity index is 0.000000845. The molecule has 5 heteroatoms. The van der Waals surface area contributed by atoms with E-state index >= 15 is 0 Å². The quantitative estimate of drug-likeness (QED) is 0.864. The second-order valence-electron chi connectivity index (χ2n) is 2.38. The van der Waals surface area contributed by atoms with E-state index in [9.17, 15) is 0 Å². The van der Waals surface area contributed by atoms with Crippen molar-refractivity contribution in [3.05, 3.63) is 22.7 Å². The number of anilines is 1. The molecule has 2 aromatic rings. The van der Waals surface area contributed by atoms with Gasteiger partial charge in [-0.15, -0.1) is 12.4 Å². The summed E-state index contributed by atoms with van der Waals surface area (Å²) in [5.41, 5.74) is 1.04. The van der Waals surface area contributed by atoms with Crippen molar-refractivity contribution in [3.8, 4) is 0 Å². The molecule has 0 amide bonds. The lowest BCUT2D eigenvalue weighted by Crippen LogP contribution is -1.83. The second kappa shape index (κ2) is 4.26. The fourth-order valence-electron chi connectivity index (χ4n) is 1.01. The van der Waals surface area contributed by atoms with E-state index in [2.05, 4.69) is 32.3 Å². The number of halogens is 2. The van der Waals surface area contributed by atoms with Gasteiger partial charge in [-0.3, -0.25) is 0 Å². The Bertz CT molecular complexity index is 415. The summed E-state index contributed by atoms with van der Waals surface area (Å²) in [5.74, 6) is 0. The molecule has 1 aromatic carbocycles. The van der Waals surface area contributed by atoms with Crippen LogP contribution in [0.3, 0.4) is 0 Å². The van der Waals surface area contributed by atoms with Gasteiger partial charge in [0.25, 0.3) is 0 Å². The lowest BCUT2D eigenvalue weighted by Gasteiger charge is -1.87. The highest BCUT2D eigenvalue weighted by Gasteiger charge is 2.01. The van der Waals surface area contributed by atoms with E-state index in [-0.39, 0.29) is 12.4 Å². The molecular formula is C8H8BrClN2S. The SMILES string of the molecule is CNc1nc2cc(Br)ccc2s1.Cl. The minimum atomic E-state index is 0. The van der Waals surface area contributed by atoms with E-state index < -0.39 is 0 Å². The molecule has 1 aromatic heterocycles. The topological polar surface area (TPSA) is 24.9 Å². The van der Waals surface area contributed by atoms with Gasteiger partial charge in [0.15, 0.2) is 5.13 Å². The van der Waals surface area contributed by atoms with Gasteiger partial charge in [0.2, 0.25) is 0 Å². The number of thiazole rings is 1. The van der Waals surface area contributed by atoms with Gasteiger partial charge in [0, 0.05) is 11.5 Å². The van der Waals surface area contributed by atoms with E-state index in [1.54, 1.807) is 11.3 Å². The van der Waals surface area contributed by atoms with Crippen LogP contribution < -0.4 is 5.32 Å². The second-order valence-corrected chi connectivity index (χ2v) is 4.33. The van der Waals surface area contributed by atoms with Gasteiger partial charge in [-0.25, -0.2) is 4.98 Å². The Kier molecular flexibility index (Phi) is 3.53. The summed E-state index contributed by atoms with van der Waals surface area (Å²) < 4.78 is 2.28. The van der Waals surface area contributed by atoms with Gasteiger partial charge in [-0.2, -0.15) is 0 Å². The number of nitrogens with one attached hydrogen (secondary N) is 1. The molecule has 0 spiro atoms. The molecule has 0 aliphatic carbocycles. The average molecular weight is 280 g/mol. The number of hydrogen-bond acceptors (Lipinski definition) is 3. The van der Waals surface area contributed by atoms with Crippen molar-refractivity contribution in [2.75, 3.05) is 12.4 Å². The third-order valence-electron chi connectivity index (χ3n) is 1.56. The van der Waals surface area contributed by atoms with Crippen LogP contribution in [-0.2, 0) is 0 Å². The van der Waals surface area contributed by atoms with Crippen molar-refractivity contribution in [1.29, 1.82) is 0 Å². The maximum Gasteiger partial charge on any atom is 0.183 e. The van der Waals surface area contributed by atoms with Crippen molar-refractivity contribution in [1.82, 2.24) is 4.98 Å². The van der Waals surface area contributed by atoms with Crippen molar-refractivity contribution < 1.29 is 0 Å². The molecule has 0 fully saturated rings. The zero-order chi connectivity index (χ0) is 8.55. The maximum atomic E-state index is 4.37. The highest BCUT2D eigenvalue weighted by molar-refractivity contribution is 9.10.